The van der Waals surface area contributed by atoms with Crippen molar-refractivity contribution >= 4 is 29.4 Å². The summed E-state index contributed by atoms with van der Waals surface area (Å²) >= 11 is 0. The minimum atomic E-state index is -5.08. The van der Waals surface area contributed by atoms with Gasteiger partial charge in [-0.1, -0.05) is 63.4 Å². The lowest BCUT2D eigenvalue weighted by molar-refractivity contribution is -0.192. The van der Waals surface area contributed by atoms with Crippen molar-refractivity contribution in [2.45, 2.75) is 115 Å². The molecule has 1 aliphatic carbocycles. The summed E-state index contributed by atoms with van der Waals surface area (Å²) in [6.45, 7) is 11.2. The van der Waals surface area contributed by atoms with E-state index in [0.29, 0.717) is 83.2 Å². The number of phenols is 1. The first kappa shape index (κ1) is 50.5. The van der Waals surface area contributed by atoms with Crippen LogP contribution >= 0.6 is 0 Å². The lowest BCUT2D eigenvalue weighted by atomic mass is 9.88. The number of aliphatic carboxylic acids is 1. The van der Waals surface area contributed by atoms with E-state index >= 15 is 0 Å². The number of phenolic OH excluding ortho intramolecular Hbond substituents is 1. The standard InChI is InChI=1S/C44H65N5O8.C2HF3O2/c1-32(2)27-38(51)43(54)48-23-26-57-44(31-48)16-20-47(21-17-44)29-34-8-6-7-33(28-34)14-24-55-25-15-40(53)49(36-9-4-3-5-10-36)22-19-45-18-13-35-11-12-37(50)41-42(35)56-30-39(52)46-41;3-2(4,5)1(6)7/h6-8,11-12,28,32,36,38,45,50-51H,3-5,9-10,13-27,29-31H2,1-2H3,(H,46,52);(H,6,7). The molecule has 3 aliphatic heterocycles. The van der Waals surface area contributed by atoms with Crippen LogP contribution in [0.25, 0.3) is 0 Å². The van der Waals surface area contributed by atoms with Crippen LogP contribution in [-0.2, 0) is 48.0 Å². The molecule has 3 amide bonds. The number of aliphatic hydroxyl groups excluding tert-OH is 1. The zero-order valence-electron chi connectivity index (χ0n) is 37.1. The fourth-order valence-electron chi connectivity index (χ4n) is 8.81. The van der Waals surface area contributed by atoms with Crippen molar-refractivity contribution in [1.82, 2.24) is 20.0 Å². The van der Waals surface area contributed by atoms with Crippen molar-refractivity contribution in [2.24, 2.45) is 5.92 Å². The van der Waals surface area contributed by atoms with Crippen LogP contribution < -0.4 is 15.4 Å². The molecule has 0 aromatic heterocycles. The second-order valence-corrected chi connectivity index (χ2v) is 17.6. The molecule has 5 N–H and O–H groups in total. The molecule has 356 valence electrons. The molecular weight excluding hydrogens is 840 g/mol. The first-order chi connectivity index (χ1) is 30.5. The van der Waals surface area contributed by atoms with Crippen LogP contribution in [0.15, 0.2) is 36.4 Å². The molecule has 0 radical (unpaired) electrons. The number of rotatable bonds is 18. The Kier molecular flexibility index (Phi) is 19.1. The molecule has 6 rings (SSSR count). The molecule has 1 saturated carbocycles. The van der Waals surface area contributed by atoms with E-state index < -0.39 is 18.2 Å². The average Bonchev–Trinajstić information content (AvgIpc) is 3.26. The first-order valence-corrected chi connectivity index (χ1v) is 22.6. The lowest BCUT2D eigenvalue weighted by Gasteiger charge is -2.47. The van der Waals surface area contributed by atoms with Crippen molar-refractivity contribution in [2.75, 3.05) is 77.6 Å². The maximum atomic E-state index is 13.5. The minimum Gasteiger partial charge on any atom is -0.506 e. The Bertz CT molecular complexity index is 1850. The number of nitrogens with one attached hydrogen (secondary N) is 2. The van der Waals surface area contributed by atoms with Crippen molar-refractivity contribution < 1.29 is 61.9 Å². The van der Waals surface area contributed by atoms with Gasteiger partial charge in [-0.2, -0.15) is 13.2 Å². The van der Waals surface area contributed by atoms with Gasteiger partial charge in [-0.15, -0.1) is 0 Å². The summed E-state index contributed by atoms with van der Waals surface area (Å²) < 4.78 is 49.7. The zero-order valence-corrected chi connectivity index (χ0v) is 37.1. The van der Waals surface area contributed by atoms with Crippen LogP contribution in [0.5, 0.6) is 11.5 Å². The fraction of sp³-hybridized carbons (Fsp3) is 0.652. The fourth-order valence-corrected chi connectivity index (χ4v) is 8.81. The summed E-state index contributed by atoms with van der Waals surface area (Å²) in [6, 6.07) is 12.3. The smallest absolute Gasteiger partial charge is 0.490 e. The second kappa shape index (κ2) is 24.2. The normalized spacial score (nSPS) is 18.4. The van der Waals surface area contributed by atoms with Crippen molar-refractivity contribution in [3.05, 3.63) is 53.1 Å². The third-order valence-corrected chi connectivity index (χ3v) is 12.2. The number of aromatic hydroxyl groups is 1. The van der Waals surface area contributed by atoms with E-state index in [0.717, 1.165) is 70.1 Å². The number of carbonyl (C=O) groups is 4. The van der Waals surface area contributed by atoms with Crippen molar-refractivity contribution in [3.63, 3.8) is 0 Å². The highest BCUT2D eigenvalue weighted by atomic mass is 19.4. The number of likely N-dealkylation sites (tertiary alicyclic amines) is 1. The number of halogens is 3. The van der Waals surface area contributed by atoms with Crippen LogP contribution in [0.2, 0.25) is 0 Å². The Morgan fingerprint density at radius 1 is 1.02 bits per heavy atom. The highest BCUT2D eigenvalue weighted by Crippen LogP contribution is 2.39. The van der Waals surface area contributed by atoms with Gasteiger partial charge < -0.3 is 50.0 Å². The van der Waals surface area contributed by atoms with E-state index in [4.69, 9.17) is 24.1 Å². The van der Waals surface area contributed by atoms with Crippen molar-refractivity contribution in [1.29, 1.82) is 0 Å². The number of hydrogen-bond donors (Lipinski definition) is 5. The predicted molar refractivity (Wildman–Crippen MR) is 232 cm³/mol. The van der Waals surface area contributed by atoms with Gasteiger partial charge in [0, 0.05) is 51.9 Å². The number of piperidine rings is 1. The average molecular weight is 906 g/mol. The predicted octanol–water partition coefficient (Wildman–Crippen LogP) is 4.90. The second-order valence-electron chi connectivity index (χ2n) is 17.6. The molecule has 3 fully saturated rings. The van der Waals surface area contributed by atoms with Crippen LogP contribution in [0.3, 0.4) is 0 Å². The highest BCUT2D eigenvalue weighted by Gasteiger charge is 2.42. The number of fused-ring (bicyclic) bond motifs is 1. The van der Waals surface area contributed by atoms with E-state index in [1.165, 1.54) is 17.5 Å². The van der Waals surface area contributed by atoms with E-state index in [1.807, 2.05) is 24.8 Å². The Morgan fingerprint density at radius 2 is 1.73 bits per heavy atom. The van der Waals surface area contributed by atoms with Crippen LogP contribution in [0.4, 0.5) is 18.9 Å². The number of carbonyl (C=O) groups excluding carboxylic acids is 3. The van der Waals surface area contributed by atoms with Gasteiger partial charge in [0.25, 0.3) is 11.8 Å². The molecule has 2 aromatic rings. The number of ether oxygens (including phenoxy) is 3. The van der Waals surface area contributed by atoms with Gasteiger partial charge in [0.2, 0.25) is 5.91 Å². The van der Waals surface area contributed by atoms with Crippen LogP contribution in [-0.4, -0.2) is 150 Å². The Hall–Kier alpha value is -4.49. The molecule has 1 unspecified atom stereocenters. The highest BCUT2D eigenvalue weighted by molar-refractivity contribution is 5.97. The molecule has 15 nitrogen and oxygen atoms in total. The van der Waals surface area contributed by atoms with E-state index in [2.05, 4.69) is 44.7 Å². The topological polar surface area (TPSA) is 190 Å². The number of benzene rings is 2. The monoisotopic (exact) mass is 905 g/mol. The SMILES string of the molecule is CC(C)CC(O)C(=O)N1CCOC2(CCN(Cc3cccc(CCOCCC(=O)N(CCNCCc4ccc(O)c5c4OCC(=O)N5)C4CCCCC4)c3)CC2)C1.O=C(O)C(F)(F)F. The van der Waals surface area contributed by atoms with Gasteiger partial charge in [0.1, 0.15) is 17.5 Å². The Labute approximate surface area is 373 Å². The molecule has 1 spiro atoms. The third-order valence-electron chi connectivity index (χ3n) is 12.2. The first-order valence-electron chi connectivity index (χ1n) is 22.6. The molecule has 64 heavy (non-hydrogen) atoms. The summed E-state index contributed by atoms with van der Waals surface area (Å²) in [6.07, 6.45) is 3.60. The number of aliphatic hydroxyl groups is 1. The van der Waals surface area contributed by atoms with Gasteiger partial charge in [-0.25, -0.2) is 4.79 Å². The zero-order chi connectivity index (χ0) is 46.3. The number of hydrogen-bond acceptors (Lipinski definition) is 11. The lowest BCUT2D eigenvalue weighted by Crippen LogP contribution is -2.59. The molecule has 2 saturated heterocycles. The molecule has 4 aliphatic rings. The molecule has 2 aromatic carbocycles. The minimum absolute atomic E-state index is 0.00668. The third kappa shape index (κ3) is 15.3. The summed E-state index contributed by atoms with van der Waals surface area (Å²) in [4.78, 5) is 53.4. The number of alkyl halides is 3. The van der Waals surface area contributed by atoms with E-state index in [-0.39, 0.29) is 47.6 Å². The van der Waals surface area contributed by atoms with Crippen LogP contribution in [0, 0.1) is 5.92 Å². The Morgan fingerprint density at radius 3 is 2.44 bits per heavy atom. The number of anilines is 1. The number of carboxylic acids is 1. The molecule has 0 bridgehead atoms. The van der Waals surface area contributed by atoms with E-state index in [1.54, 1.807) is 6.07 Å². The Balaban J connectivity index is 0.00000102. The van der Waals surface area contributed by atoms with Gasteiger partial charge in [0.05, 0.1) is 31.8 Å². The summed E-state index contributed by atoms with van der Waals surface area (Å²) in [5.41, 5.74) is 3.39. The van der Waals surface area contributed by atoms with Crippen molar-refractivity contribution in [3.8, 4) is 11.5 Å². The van der Waals surface area contributed by atoms with Gasteiger partial charge in [-0.3, -0.25) is 19.3 Å². The summed E-state index contributed by atoms with van der Waals surface area (Å²) in [5, 5.41) is 33.9. The van der Waals surface area contributed by atoms with Gasteiger partial charge in [0.15, 0.2) is 12.4 Å². The molecule has 18 heteroatoms. The number of morpholine rings is 1. The van der Waals surface area contributed by atoms with E-state index in [9.17, 15) is 37.8 Å². The molecule has 3 heterocycles. The maximum absolute atomic E-state index is 13.5. The summed E-state index contributed by atoms with van der Waals surface area (Å²) in [5.74, 6) is -2.28. The summed E-state index contributed by atoms with van der Waals surface area (Å²) in [7, 11) is 0. The number of amides is 3. The quantitative estimate of drug-likeness (QED) is 0.101. The maximum Gasteiger partial charge on any atom is 0.490 e. The van der Waals surface area contributed by atoms with Gasteiger partial charge >= 0.3 is 12.1 Å². The number of carboxylic acid groups (broad SMARTS) is 1. The molecular formula is C46H66F3N5O10. The molecule has 1 atom stereocenters. The van der Waals surface area contributed by atoms with Crippen LogP contribution in [0.1, 0.15) is 88.3 Å². The number of nitrogens with zero attached hydrogens (tertiary/aromatic N) is 3. The largest absolute Gasteiger partial charge is 0.506 e. The van der Waals surface area contributed by atoms with Gasteiger partial charge in [-0.05, 0) is 80.2 Å².